The SMILES string of the molecule is CCCSc1nsc(NC(=O)C=Cc2cccs2)n1. The quantitative estimate of drug-likeness (QED) is 0.652. The number of nitrogens with one attached hydrogen (secondary N) is 1. The summed E-state index contributed by atoms with van der Waals surface area (Å²) >= 11 is 4.40. The lowest BCUT2D eigenvalue weighted by atomic mass is 10.4. The molecule has 2 aromatic heterocycles. The highest BCUT2D eigenvalue weighted by molar-refractivity contribution is 7.99. The Morgan fingerprint density at radius 1 is 1.58 bits per heavy atom. The van der Waals surface area contributed by atoms with Crippen LogP contribution in [0.5, 0.6) is 0 Å². The Bertz CT molecular complexity index is 548. The van der Waals surface area contributed by atoms with E-state index in [1.54, 1.807) is 29.2 Å². The molecule has 0 spiro atoms. The topological polar surface area (TPSA) is 54.9 Å². The number of amides is 1. The minimum Gasteiger partial charge on any atom is -0.297 e. The minimum absolute atomic E-state index is 0.184. The van der Waals surface area contributed by atoms with Crippen LogP contribution in [0.2, 0.25) is 0 Å². The van der Waals surface area contributed by atoms with Crippen LogP contribution in [0.4, 0.5) is 5.13 Å². The summed E-state index contributed by atoms with van der Waals surface area (Å²) in [6.45, 7) is 2.11. The second-order valence-corrected chi connectivity index (χ2v) is 6.36. The Morgan fingerprint density at radius 2 is 2.47 bits per heavy atom. The van der Waals surface area contributed by atoms with E-state index in [9.17, 15) is 4.79 Å². The highest BCUT2D eigenvalue weighted by atomic mass is 32.2. The van der Waals surface area contributed by atoms with Gasteiger partial charge in [0.15, 0.2) is 0 Å². The molecule has 0 aliphatic rings. The molecule has 4 nitrogen and oxygen atoms in total. The normalized spacial score (nSPS) is 11.0. The molecule has 0 aliphatic carbocycles. The maximum atomic E-state index is 11.7. The molecule has 1 N–H and O–H groups in total. The van der Waals surface area contributed by atoms with Crippen molar-refractivity contribution in [1.29, 1.82) is 0 Å². The Morgan fingerprint density at radius 3 is 3.21 bits per heavy atom. The molecule has 0 aliphatic heterocycles. The molecule has 0 saturated heterocycles. The molecular weight excluding hydrogens is 298 g/mol. The fourth-order valence-corrected chi connectivity index (χ4v) is 3.22. The molecule has 0 fully saturated rings. The van der Waals surface area contributed by atoms with Crippen molar-refractivity contribution in [2.75, 3.05) is 11.1 Å². The second kappa shape index (κ2) is 7.42. The fourth-order valence-electron chi connectivity index (χ4n) is 1.20. The number of hydrogen-bond donors (Lipinski definition) is 1. The number of carbonyl (C=O) groups is 1. The summed E-state index contributed by atoms with van der Waals surface area (Å²) in [5, 5.41) is 5.95. The van der Waals surface area contributed by atoms with Gasteiger partial charge in [-0.05, 0) is 23.9 Å². The number of thiophene rings is 1. The molecule has 2 rings (SSSR count). The summed E-state index contributed by atoms with van der Waals surface area (Å²) in [6, 6.07) is 3.91. The van der Waals surface area contributed by atoms with Crippen LogP contribution < -0.4 is 5.32 Å². The molecule has 0 atom stereocenters. The van der Waals surface area contributed by atoms with Crippen LogP contribution in [-0.4, -0.2) is 21.0 Å². The van der Waals surface area contributed by atoms with E-state index in [1.807, 2.05) is 17.5 Å². The Labute approximate surface area is 124 Å². The highest BCUT2D eigenvalue weighted by Crippen LogP contribution is 2.20. The van der Waals surface area contributed by atoms with E-state index >= 15 is 0 Å². The maximum Gasteiger partial charge on any atom is 0.250 e. The van der Waals surface area contributed by atoms with Gasteiger partial charge in [-0.2, -0.15) is 9.36 Å². The highest BCUT2D eigenvalue weighted by Gasteiger charge is 2.06. The van der Waals surface area contributed by atoms with E-state index in [4.69, 9.17) is 0 Å². The third-order valence-corrected chi connectivity index (χ3v) is 4.65. The Balaban J connectivity index is 1.86. The molecule has 0 unspecified atom stereocenters. The molecule has 0 bridgehead atoms. The smallest absolute Gasteiger partial charge is 0.250 e. The zero-order chi connectivity index (χ0) is 13.5. The van der Waals surface area contributed by atoms with E-state index in [0.717, 1.165) is 22.2 Å². The van der Waals surface area contributed by atoms with Crippen LogP contribution >= 0.6 is 34.6 Å². The van der Waals surface area contributed by atoms with Gasteiger partial charge in [0.25, 0.3) is 0 Å². The Hall–Kier alpha value is -1.18. The molecule has 2 aromatic rings. The van der Waals surface area contributed by atoms with E-state index in [1.165, 1.54) is 17.6 Å². The number of anilines is 1. The summed E-state index contributed by atoms with van der Waals surface area (Å²) in [5.74, 6) is 0.805. The largest absolute Gasteiger partial charge is 0.297 e. The molecule has 7 heteroatoms. The predicted molar refractivity (Wildman–Crippen MR) is 82.9 cm³/mol. The second-order valence-electron chi connectivity index (χ2n) is 3.57. The molecule has 1 amide bonds. The lowest BCUT2D eigenvalue weighted by molar-refractivity contribution is -0.111. The summed E-state index contributed by atoms with van der Waals surface area (Å²) in [7, 11) is 0. The maximum absolute atomic E-state index is 11.7. The molecule has 0 aromatic carbocycles. The average molecular weight is 311 g/mol. The summed E-state index contributed by atoms with van der Waals surface area (Å²) in [4.78, 5) is 17.0. The first-order valence-electron chi connectivity index (χ1n) is 5.77. The zero-order valence-electron chi connectivity index (χ0n) is 10.3. The lowest BCUT2D eigenvalue weighted by Gasteiger charge is -1.94. The fraction of sp³-hybridized carbons (Fsp3) is 0.250. The van der Waals surface area contributed by atoms with Crippen molar-refractivity contribution in [1.82, 2.24) is 9.36 Å². The summed E-state index contributed by atoms with van der Waals surface area (Å²) in [5.41, 5.74) is 0. The Kier molecular flexibility index (Phi) is 5.56. The number of hydrogen-bond acceptors (Lipinski definition) is 6. The molecule has 2 heterocycles. The number of aromatic nitrogens is 2. The van der Waals surface area contributed by atoms with Crippen molar-refractivity contribution in [2.45, 2.75) is 18.5 Å². The van der Waals surface area contributed by atoms with Gasteiger partial charge in [0.2, 0.25) is 16.2 Å². The third-order valence-electron chi connectivity index (χ3n) is 2.01. The van der Waals surface area contributed by atoms with Gasteiger partial charge < -0.3 is 0 Å². The van der Waals surface area contributed by atoms with Crippen LogP contribution in [0.3, 0.4) is 0 Å². The number of carbonyl (C=O) groups excluding carboxylic acids is 1. The van der Waals surface area contributed by atoms with Crippen LogP contribution in [0.15, 0.2) is 28.7 Å². The monoisotopic (exact) mass is 311 g/mol. The molecular formula is C12H13N3OS3. The minimum atomic E-state index is -0.184. The van der Waals surface area contributed by atoms with Crippen molar-refractivity contribution >= 4 is 51.7 Å². The standard InChI is InChI=1S/C12H13N3OS3/c1-2-7-18-12-14-11(19-15-12)13-10(16)6-5-9-4-3-8-17-9/h3-6,8H,2,7H2,1H3,(H,13,14,15,16). The van der Waals surface area contributed by atoms with Crippen molar-refractivity contribution in [3.63, 3.8) is 0 Å². The van der Waals surface area contributed by atoms with E-state index in [2.05, 4.69) is 21.6 Å². The van der Waals surface area contributed by atoms with E-state index in [0.29, 0.717) is 5.13 Å². The van der Waals surface area contributed by atoms with E-state index in [-0.39, 0.29) is 5.91 Å². The number of nitrogens with zero attached hydrogens (tertiary/aromatic N) is 2. The predicted octanol–water partition coefficient (Wildman–Crippen LogP) is 3.75. The first-order chi connectivity index (χ1) is 9.28. The van der Waals surface area contributed by atoms with Crippen molar-refractivity contribution in [3.8, 4) is 0 Å². The average Bonchev–Trinajstić information content (AvgIpc) is 3.05. The number of rotatable bonds is 6. The van der Waals surface area contributed by atoms with Gasteiger partial charge in [-0.25, -0.2) is 0 Å². The van der Waals surface area contributed by atoms with Crippen LogP contribution in [-0.2, 0) is 4.79 Å². The van der Waals surface area contributed by atoms with Crippen LogP contribution in [0.1, 0.15) is 18.2 Å². The van der Waals surface area contributed by atoms with Gasteiger partial charge in [-0.1, -0.05) is 24.8 Å². The molecule has 0 radical (unpaired) electrons. The molecule has 0 saturated carbocycles. The van der Waals surface area contributed by atoms with Gasteiger partial charge in [0.05, 0.1) is 0 Å². The van der Waals surface area contributed by atoms with Crippen LogP contribution in [0.25, 0.3) is 6.08 Å². The molecule has 100 valence electrons. The number of thioether (sulfide) groups is 1. The van der Waals surface area contributed by atoms with Gasteiger partial charge in [0.1, 0.15) is 0 Å². The van der Waals surface area contributed by atoms with Gasteiger partial charge in [0, 0.05) is 28.2 Å². The third kappa shape index (κ3) is 4.77. The van der Waals surface area contributed by atoms with Crippen LogP contribution in [0, 0.1) is 0 Å². The molecule has 19 heavy (non-hydrogen) atoms. The van der Waals surface area contributed by atoms with Gasteiger partial charge in [-0.3, -0.25) is 10.1 Å². The van der Waals surface area contributed by atoms with Gasteiger partial charge >= 0.3 is 0 Å². The summed E-state index contributed by atoms with van der Waals surface area (Å²) in [6.07, 6.45) is 4.37. The first kappa shape index (κ1) is 14.2. The zero-order valence-corrected chi connectivity index (χ0v) is 12.8. The van der Waals surface area contributed by atoms with Gasteiger partial charge in [-0.15, -0.1) is 11.3 Å². The van der Waals surface area contributed by atoms with Crippen molar-refractivity contribution < 1.29 is 4.79 Å². The van der Waals surface area contributed by atoms with Crippen molar-refractivity contribution in [2.24, 2.45) is 0 Å². The van der Waals surface area contributed by atoms with Crippen molar-refractivity contribution in [3.05, 3.63) is 28.5 Å². The summed E-state index contributed by atoms with van der Waals surface area (Å²) < 4.78 is 4.17. The van der Waals surface area contributed by atoms with E-state index < -0.39 is 0 Å². The first-order valence-corrected chi connectivity index (χ1v) is 8.41. The lowest BCUT2D eigenvalue weighted by Crippen LogP contribution is -2.07.